The van der Waals surface area contributed by atoms with Gasteiger partial charge in [-0.1, -0.05) is 30.3 Å². The molecule has 0 aromatic heterocycles. The van der Waals surface area contributed by atoms with Crippen molar-refractivity contribution in [1.29, 1.82) is 5.26 Å². The predicted octanol–water partition coefficient (Wildman–Crippen LogP) is 1.08. The summed E-state index contributed by atoms with van der Waals surface area (Å²) in [6, 6.07) is 11.2. The van der Waals surface area contributed by atoms with Crippen LogP contribution in [0, 0.1) is 17.2 Å². The van der Waals surface area contributed by atoms with E-state index in [4.69, 9.17) is 16.1 Å². The molecule has 0 heterocycles. The van der Waals surface area contributed by atoms with Crippen LogP contribution >= 0.6 is 11.8 Å². The minimum absolute atomic E-state index is 0.00487. The number of hydrogen-bond acceptors (Lipinski definition) is 4. The fourth-order valence-corrected chi connectivity index (χ4v) is 2.58. The highest BCUT2D eigenvalue weighted by Gasteiger charge is 2.27. The van der Waals surface area contributed by atoms with E-state index in [9.17, 15) is 4.79 Å². The minimum Gasteiger partial charge on any atom is -0.396 e. The molecule has 2 unspecified atom stereocenters. The topological polar surface area (TPSA) is 87.1 Å². The number of hydrogen-bond donors (Lipinski definition) is 2. The maximum atomic E-state index is 11.2. The number of nitrogens with two attached hydrogens (primary N) is 1. The molecule has 3 N–H and O–H groups in total. The largest absolute Gasteiger partial charge is 0.396 e. The molecule has 17 heavy (non-hydrogen) atoms. The molecule has 2 atom stereocenters. The van der Waals surface area contributed by atoms with Crippen LogP contribution in [-0.2, 0) is 4.79 Å². The second-order valence-electron chi connectivity index (χ2n) is 3.43. The van der Waals surface area contributed by atoms with E-state index in [1.807, 2.05) is 36.4 Å². The van der Waals surface area contributed by atoms with Gasteiger partial charge in [0.2, 0.25) is 5.91 Å². The van der Waals surface area contributed by atoms with Crippen LogP contribution in [0.1, 0.15) is 10.8 Å². The van der Waals surface area contributed by atoms with Crippen LogP contribution in [-0.4, -0.2) is 23.4 Å². The molecule has 0 aliphatic rings. The molecular formula is C12H14N2O2S. The second kappa shape index (κ2) is 6.94. The highest BCUT2D eigenvalue weighted by molar-refractivity contribution is 7.99. The zero-order chi connectivity index (χ0) is 12.7. The second-order valence-corrected chi connectivity index (χ2v) is 4.68. The summed E-state index contributed by atoms with van der Waals surface area (Å²) >= 11 is 1.36. The third-order valence-corrected chi connectivity index (χ3v) is 3.59. The summed E-state index contributed by atoms with van der Waals surface area (Å²) in [5, 5.41) is 17.5. The van der Waals surface area contributed by atoms with Gasteiger partial charge in [-0.2, -0.15) is 5.26 Å². The van der Waals surface area contributed by atoms with Gasteiger partial charge in [0, 0.05) is 5.75 Å². The van der Waals surface area contributed by atoms with Crippen molar-refractivity contribution in [1.82, 2.24) is 0 Å². The van der Waals surface area contributed by atoms with E-state index in [-0.39, 0.29) is 11.9 Å². The molecule has 1 aromatic carbocycles. The number of carbonyl (C=O) groups is 1. The molecule has 1 aromatic rings. The fourth-order valence-electron chi connectivity index (χ4n) is 1.49. The number of aliphatic hydroxyl groups is 1. The van der Waals surface area contributed by atoms with Crippen molar-refractivity contribution < 1.29 is 9.90 Å². The molecular weight excluding hydrogens is 236 g/mol. The van der Waals surface area contributed by atoms with Gasteiger partial charge < -0.3 is 10.8 Å². The molecule has 0 bridgehead atoms. The molecule has 0 aliphatic heterocycles. The molecule has 0 radical (unpaired) electrons. The van der Waals surface area contributed by atoms with Crippen molar-refractivity contribution >= 4 is 17.7 Å². The lowest BCUT2D eigenvalue weighted by Crippen LogP contribution is -2.26. The Labute approximate surface area is 104 Å². The van der Waals surface area contributed by atoms with Gasteiger partial charge in [0.05, 0.1) is 17.9 Å². The first-order valence-corrected chi connectivity index (χ1v) is 6.22. The number of amides is 1. The third-order valence-electron chi connectivity index (χ3n) is 2.27. The number of benzene rings is 1. The van der Waals surface area contributed by atoms with Crippen LogP contribution in [0.15, 0.2) is 30.3 Å². The van der Waals surface area contributed by atoms with E-state index >= 15 is 0 Å². The summed E-state index contributed by atoms with van der Waals surface area (Å²) in [7, 11) is 0. The molecule has 0 saturated carbocycles. The molecule has 0 aliphatic carbocycles. The van der Waals surface area contributed by atoms with Crippen molar-refractivity contribution in [3.8, 4) is 6.07 Å². The van der Waals surface area contributed by atoms with Crippen molar-refractivity contribution in [3.63, 3.8) is 0 Å². The quantitative estimate of drug-likeness (QED) is 0.790. The van der Waals surface area contributed by atoms with Gasteiger partial charge in [-0.3, -0.25) is 4.79 Å². The molecule has 0 spiro atoms. The van der Waals surface area contributed by atoms with Crippen LogP contribution in [0.2, 0.25) is 0 Å². The summed E-state index contributed by atoms with van der Waals surface area (Å²) < 4.78 is 0. The Bertz CT molecular complexity index is 403. The number of aliphatic hydroxyl groups excluding tert-OH is 1. The van der Waals surface area contributed by atoms with Gasteiger partial charge in [0.25, 0.3) is 0 Å². The number of primary amides is 1. The fraction of sp³-hybridized carbons (Fsp3) is 0.333. The zero-order valence-corrected chi connectivity index (χ0v) is 10.1. The SMILES string of the molecule is N#CC(C(N)=O)C(SCCO)c1ccccc1. The van der Waals surface area contributed by atoms with Gasteiger partial charge in [-0.25, -0.2) is 0 Å². The van der Waals surface area contributed by atoms with E-state index < -0.39 is 11.8 Å². The van der Waals surface area contributed by atoms with E-state index in [2.05, 4.69) is 0 Å². The van der Waals surface area contributed by atoms with Crippen molar-refractivity contribution in [2.45, 2.75) is 5.25 Å². The molecule has 0 saturated heterocycles. The molecule has 0 fully saturated rings. The maximum Gasteiger partial charge on any atom is 0.236 e. The first-order valence-electron chi connectivity index (χ1n) is 5.17. The maximum absolute atomic E-state index is 11.2. The Kier molecular flexibility index (Phi) is 5.53. The lowest BCUT2D eigenvalue weighted by Gasteiger charge is -2.19. The molecule has 5 heteroatoms. The Morgan fingerprint density at radius 3 is 2.59 bits per heavy atom. The number of carbonyl (C=O) groups excluding carboxylic acids is 1. The van der Waals surface area contributed by atoms with E-state index in [0.717, 1.165) is 5.56 Å². The summed E-state index contributed by atoms with van der Waals surface area (Å²) in [5.74, 6) is -1.05. The lowest BCUT2D eigenvalue weighted by atomic mass is 9.99. The van der Waals surface area contributed by atoms with Crippen molar-refractivity contribution in [3.05, 3.63) is 35.9 Å². The van der Waals surface area contributed by atoms with Crippen molar-refractivity contribution in [2.24, 2.45) is 11.7 Å². The minimum atomic E-state index is -0.881. The Hall–Kier alpha value is -1.51. The lowest BCUT2D eigenvalue weighted by molar-refractivity contribution is -0.120. The molecule has 1 rings (SSSR count). The average Bonchev–Trinajstić information content (AvgIpc) is 2.35. The van der Waals surface area contributed by atoms with Gasteiger partial charge in [-0.05, 0) is 5.56 Å². The number of nitriles is 1. The monoisotopic (exact) mass is 250 g/mol. The standard InChI is InChI=1S/C12H14N2O2S/c13-8-10(12(14)16)11(17-7-6-15)9-4-2-1-3-5-9/h1-5,10-11,15H,6-7H2,(H2,14,16). The van der Waals surface area contributed by atoms with Crippen LogP contribution in [0.25, 0.3) is 0 Å². The Morgan fingerprint density at radius 1 is 1.47 bits per heavy atom. The molecule has 90 valence electrons. The van der Waals surface area contributed by atoms with Gasteiger partial charge >= 0.3 is 0 Å². The van der Waals surface area contributed by atoms with Gasteiger partial charge in [-0.15, -0.1) is 11.8 Å². The Balaban J connectivity index is 2.95. The highest BCUT2D eigenvalue weighted by Crippen LogP contribution is 2.35. The van der Waals surface area contributed by atoms with Crippen molar-refractivity contribution in [2.75, 3.05) is 12.4 Å². The summed E-state index contributed by atoms with van der Waals surface area (Å²) in [5.41, 5.74) is 6.09. The number of rotatable bonds is 6. The normalized spacial score (nSPS) is 13.6. The van der Waals surface area contributed by atoms with Gasteiger partial charge in [0.1, 0.15) is 5.92 Å². The number of thioether (sulfide) groups is 1. The molecule has 1 amide bonds. The van der Waals surface area contributed by atoms with Crippen LogP contribution in [0.4, 0.5) is 0 Å². The van der Waals surface area contributed by atoms with Crippen LogP contribution in [0.5, 0.6) is 0 Å². The van der Waals surface area contributed by atoms with E-state index in [0.29, 0.717) is 5.75 Å². The van der Waals surface area contributed by atoms with Gasteiger partial charge in [0.15, 0.2) is 0 Å². The smallest absolute Gasteiger partial charge is 0.236 e. The summed E-state index contributed by atoms with van der Waals surface area (Å²) in [6.07, 6.45) is 0. The third kappa shape index (κ3) is 3.77. The highest BCUT2D eigenvalue weighted by atomic mass is 32.2. The summed E-state index contributed by atoms with van der Waals surface area (Å²) in [6.45, 7) is 0.00487. The summed E-state index contributed by atoms with van der Waals surface area (Å²) in [4.78, 5) is 11.2. The molecule has 4 nitrogen and oxygen atoms in total. The first kappa shape index (κ1) is 13.6. The number of nitrogens with zero attached hydrogens (tertiary/aromatic N) is 1. The van der Waals surface area contributed by atoms with E-state index in [1.165, 1.54) is 11.8 Å². The van der Waals surface area contributed by atoms with Crippen LogP contribution < -0.4 is 5.73 Å². The predicted molar refractivity (Wildman–Crippen MR) is 67.0 cm³/mol. The Morgan fingerprint density at radius 2 is 2.12 bits per heavy atom. The zero-order valence-electron chi connectivity index (χ0n) is 9.24. The van der Waals surface area contributed by atoms with Crippen LogP contribution in [0.3, 0.4) is 0 Å². The first-order chi connectivity index (χ1) is 8.20. The van der Waals surface area contributed by atoms with E-state index in [1.54, 1.807) is 0 Å². The average molecular weight is 250 g/mol.